The van der Waals surface area contributed by atoms with Gasteiger partial charge in [0.25, 0.3) is 5.91 Å². The maximum absolute atomic E-state index is 12.9. The minimum Gasteiger partial charge on any atom is -0.453 e. The third kappa shape index (κ3) is 4.98. The molecule has 1 N–H and O–H groups in total. The Balaban J connectivity index is 1.30. The van der Waals surface area contributed by atoms with E-state index in [-0.39, 0.29) is 24.5 Å². The Morgan fingerprint density at radius 1 is 1.30 bits per heavy atom. The molecule has 1 saturated heterocycles. The van der Waals surface area contributed by atoms with Gasteiger partial charge in [-0.3, -0.25) is 14.8 Å². The van der Waals surface area contributed by atoms with Crippen LogP contribution in [0.3, 0.4) is 0 Å². The van der Waals surface area contributed by atoms with E-state index in [9.17, 15) is 14.9 Å². The van der Waals surface area contributed by atoms with Gasteiger partial charge in [-0.05, 0) is 61.2 Å². The molecule has 0 spiro atoms. The molecule has 0 aliphatic carbocycles. The first kappa shape index (κ1) is 24.7. The molecule has 9 heteroatoms. The molecule has 9 nitrogen and oxygen atoms in total. The first-order valence-corrected chi connectivity index (χ1v) is 12.4. The lowest BCUT2D eigenvalue weighted by molar-refractivity contribution is 0.0757. The molecule has 1 unspecified atom stereocenters. The number of aromatic nitrogens is 2. The second-order valence-electron chi connectivity index (χ2n) is 9.85. The third-order valence-electron chi connectivity index (χ3n) is 7.22. The van der Waals surface area contributed by atoms with Crippen molar-refractivity contribution < 1.29 is 19.1 Å². The van der Waals surface area contributed by atoms with Gasteiger partial charge in [-0.1, -0.05) is 6.07 Å². The number of hydrogen-bond acceptors (Lipinski definition) is 7. The zero-order valence-corrected chi connectivity index (χ0v) is 21.0. The van der Waals surface area contributed by atoms with Gasteiger partial charge in [-0.2, -0.15) is 5.26 Å². The topological polar surface area (TPSA) is 117 Å². The number of amides is 2. The van der Waals surface area contributed by atoms with E-state index in [1.807, 2.05) is 31.2 Å². The molecule has 2 atom stereocenters. The van der Waals surface area contributed by atoms with Crippen molar-refractivity contribution in [2.24, 2.45) is 0 Å². The van der Waals surface area contributed by atoms with E-state index in [0.717, 1.165) is 40.6 Å². The van der Waals surface area contributed by atoms with Crippen LogP contribution in [0.15, 0.2) is 42.6 Å². The van der Waals surface area contributed by atoms with E-state index >= 15 is 0 Å². The Labute approximate surface area is 215 Å². The molecule has 1 fully saturated rings. The number of nitrogens with zero attached hydrogens (tertiary/aromatic N) is 4. The number of methoxy groups -OCH3 is 1. The number of carbonyl (C=O) groups is 2. The van der Waals surface area contributed by atoms with Crippen LogP contribution in [0.25, 0.3) is 10.9 Å². The standard InChI is InChI=1S/C28H29N5O4/c1-28(16-29)17-37-15-21-6-5-18(10-23(21)28)26(34)31-13-22-11-25-19(12-30-22)7-8-24(32-25)20-4-3-9-33(14-20)27(35)36-2/h5-8,10-12,20H,3-4,9,13-15,17H2,1-2H3,(H,31,34)/t20?,28-/m1/s1. The summed E-state index contributed by atoms with van der Waals surface area (Å²) in [6.45, 7) is 4.09. The Kier molecular flexibility index (Phi) is 6.76. The van der Waals surface area contributed by atoms with E-state index in [4.69, 9.17) is 14.5 Å². The zero-order chi connectivity index (χ0) is 26.0. The molecule has 2 amide bonds. The molecule has 0 radical (unpaired) electrons. The fraction of sp³-hybridized carbons (Fsp3) is 0.393. The zero-order valence-electron chi connectivity index (χ0n) is 21.0. The number of nitriles is 1. The molecule has 2 aliphatic heterocycles. The molecular weight excluding hydrogens is 470 g/mol. The van der Waals surface area contributed by atoms with Gasteiger partial charge in [-0.25, -0.2) is 4.79 Å². The number of piperidine rings is 1. The molecule has 3 aromatic rings. The molecular formula is C28H29N5O4. The van der Waals surface area contributed by atoms with Gasteiger partial charge in [0.05, 0.1) is 44.1 Å². The summed E-state index contributed by atoms with van der Waals surface area (Å²) in [5.74, 6) is -0.0923. The van der Waals surface area contributed by atoms with Crippen LogP contribution in [0.2, 0.25) is 0 Å². The van der Waals surface area contributed by atoms with E-state index in [1.54, 1.807) is 23.2 Å². The summed E-state index contributed by atoms with van der Waals surface area (Å²) >= 11 is 0. The maximum atomic E-state index is 12.9. The first-order chi connectivity index (χ1) is 17.9. The number of benzene rings is 1. The van der Waals surface area contributed by atoms with Crippen LogP contribution < -0.4 is 5.32 Å². The number of ether oxygens (including phenoxy) is 2. The van der Waals surface area contributed by atoms with Crippen LogP contribution in [-0.2, 0) is 28.0 Å². The lowest BCUT2D eigenvalue weighted by atomic mass is 9.79. The summed E-state index contributed by atoms with van der Waals surface area (Å²) < 4.78 is 10.4. The lowest BCUT2D eigenvalue weighted by Crippen LogP contribution is -2.39. The average Bonchev–Trinajstić information content (AvgIpc) is 2.95. The highest BCUT2D eigenvalue weighted by molar-refractivity contribution is 5.94. The fourth-order valence-corrected chi connectivity index (χ4v) is 5.08. The Morgan fingerprint density at radius 3 is 2.97 bits per heavy atom. The maximum Gasteiger partial charge on any atom is 0.409 e. The van der Waals surface area contributed by atoms with Crippen LogP contribution in [0.1, 0.15) is 58.6 Å². The summed E-state index contributed by atoms with van der Waals surface area (Å²) in [6.07, 6.45) is 3.30. The molecule has 2 aromatic heterocycles. The number of rotatable bonds is 4. The van der Waals surface area contributed by atoms with Gasteiger partial charge in [-0.15, -0.1) is 0 Å². The van der Waals surface area contributed by atoms with Crippen molar-refractivity contribution >= 4 is 22.9 Å². The molecule has 5 rings (SSSR count). The largest absolute Gasteiger partial charge is 0.453 e. The number of likely N-dealkylation sites (tertiary alicyclic amines) is 1. The molecule has 2 aliphatic rings. The summed E-state index contributed by atoms with van der Waals surface area (Å²) in [6, 6.07) is 13.6. The molecule has 0 saturated carbocycles. The highest BCUT2D eigenvalue weighted by Crippen LogP contribution is 2.32. The van der Waals surface area contributed by atoms with Crippen molar-refractivity contribution in [3.05, 3.63) is 70.7 Å². The fourth-order valence-electron chi connectivity index (χ4n) is 5.08. The van der Waals surface area contributed by atoms with E-state index in [2.05, 4.69) is 16.4 Å². The van der Waals surface area contributed by atoms with Gasteiger partial charge < -0.3 is 19.7 Å². The molecule has 190 valence electrons. The van der Waals surface area contributed by atoms with Gasteiger partial charge >= 0.3 is 6.09 Å². The Hall–Kier alpha value is -4.03. The molecule has 4 heterocycles. The average molecular weight is 500 g/mol. The summed E-state index contributed by atoms with van der Waals surface area (Å²) in [5, 5.41) is 13.5. The minimum atomic E-state index is -0.778. The van der Waals surface area contributed by atoms with Gasteiger partial charge in [0.15, 0.2) is 0 Å². The van der Waals surface area contributed by atoms with E-state index in [1.165, 1.54) is 7.11 Å². The van der Waals surface area contributed by atoms with Crippen molar-refractivity contribution in [3.63, 3.8) is 0 Å². The Morgan fingerprint density at radius 2 is 2.16 bits per heavy atom. The van der Waals surface area contributed by atoms with Crippen molar-refractivity contribution in [2.45, 2.75) is 44.2 Å². The smallest absolute Gasteiger partial charge is 0.409 e. The molecule has 1 aromatic carbocycles. The molecule has 0 bridgehead atoms. The van der Waals surface area contributed by atoms with Gasteiger partial charge in [0, 0.05) is 41.8 Å². The third-order valence-corrected chi connectivity index (χ3v) is 7.22. The van der Waals surface area contributed by atoms with Crippen LogP contribution in [0.5, 0.6) is 0 Å². The number of carbonyl (C=O) groups excluding carboxylic acids is 2. The van der Waals surface area contributed by atoms with E-state index in [0.29, 0.717) is 37.6 Å². The first-order valence-electron chi connectivity index (χ1n) is 12.4. The number of fused-ring (bicyclic) bond motifs is 2. The summed E-state index contributed by atoms with van der Waals surface area (Å²) in [7, 11) is 1.40. The highest BCUT2D eigenvalue weighted by Gasteiger charge is 2.33. The van der Waals surface area contributed by atoms with Crippen molar-refractivity contribution in [2.75, 3.05) is 26.8 Å². The lowest BCUT2D eigenvalue weighted by Gasteiger charge is -2.31. The SMILES string of the molecule is COC(=O)N1CCCC(c2ccc3cnc(CNC(=O)c4ccc5c(c4)[C@](C)(C#N)COC5)cc3n2)C1. The normalized spacial score (nSPS) is 21.1. The van der Waals surface area contributed by atoms with Crippen molar-refractivity contribution in [1.29, 1.82) is 5.26 Å². The predicted octanol–water partition coefficient (Wildman–Crippen LogP) is 3.82. The van der Waals surface area contributed by atoms with Crippen LogP contribution in [0, 0.1) is 11.3 Å². The second-order valence-corrected chi connectivity index (χ2v) is 9.85. The summed E-state index contributed by atoms with van der Waals surface area (Å²) in [4.78, 5) is 36.0. The quantitative estimate of drug-likeness (QED) is 0.580. The predicted molar refractivity (Wildman–Crippen MR) is 136 cm³/mol. The van der Waals surface area contributed by atoms with Gasteiger partial charge in [0.2, 0.25) is 0 Å². The molecule has 37 heavy (non-hydrogen) atoms. The van der Waals surface area contributed by atoms with Crippen LogP contribution in [0.4, 0.5) is 4.79 Å². The number of pyridine rings is 2. The Bertz CT molecular complexity index is 1400. The summed E-state index contributed by atoms with van der Waals surface area (Å²) in [5.41, 5.74) is 3.90. The minimum absolute atomic E-state index is 0.141. The number of nitrogens with one attached hydrogen (secondary N) is 1. The highest BCUT2D eigenvalue weighted by atomic mass is 16.5. The van der Waals surface area contributed by atoms with E-state index < -0.39 is 5.41 Å². The van der Waals surface area contributed by atoms with Crippen molar-refractivity contribution in [1.82, 2.24) is 20.2 Å². The van der Waals surface area contributed by atoms with Crippen LogP contribution >= 0.6 is 0 Å². The van der Waals surface area contributed by atoms with Crippen molar-refractivity contribution in [3.8, 4) is 6.07 Å². The number of hydrogen-bond donors (Lipinski definition) is 1. The van der Waals surface area contributed by atoms with Crippen LogP contribution in [-0.4, -0.2) is 53.7 Å². The van der Waals surface area contributed by atoms with Gasteiger partial charge in [0.1, 0.15) is 5.41 Å². The second kappa shape index (κ2) is 10.1. The monoisotopic (exact) mass is 499 g/mol.